The molecule has 1 aromatic rings. The second kappa shape index (κ2) is 6.76. The van der Waals surface area contributed by atoms with E-state index in [-0.39, 0.29) is 29.8 Å². The molecule has 1 N–H and O–H groups in total. The van der Waals surface area contributed by atoms with E-state index in [0.29, 0.717) is 25.9 Å². The summed E-state index contributed by atoms with van der Waals surface area (Å²) in [6.45, 7) is 2.80. The molecule has 3 rings (SSSR count). The van der Waals surface area contributed by atoms with Gasteiger partial charge in [0, 0.05) is 32.1 Å². The first-order chi connectivity index (χ1) is 11.8. The molecule has 1 unspecified atom stereocenters. The SMILES string of the molecule is Cc1ccc(S(=O)(=O)N2CCC(N3CC(C(=O)O)CC3=O)CC2)cc1. The summed E-state index contributed by atoms with van der Waals surface area (Å²) in [6, 6.07) is 6.68. The van der Waals surface area contributed by atoms with Crippen molar-refractivity contribution >= 4 is 21.9 Å². The Labute approximate surface area is 147 Å². The minimum atomic E-state index is -3.53. The van der Waals surface area contributed by atoms with Crippen LogP contribution in [0.25, 0.3) is 0 Å². The summed E-state index contributed by atoms with van der Waals surface area (Å²) in [5.41, 5.74) is 0.998. The third-order valence-electron chi connectivity index (χ3n) is 5.03. The highest BCUT2D eigenvalue weighted by atomic mass is 32.2. The summed E-state index contributed by atoms with van der Waals surface area (Å²) in [7, 11) is -3.53. The quantitative estimate of drug-likeness (QED) is 0.860. The molecule has 0 radical (unpaired) electrons. The highest BCUT2D eigenvalue weighted by Crippen LogP contribution is 2.28. The molecule has 1 amide bonds. The molecule has 136 valence electrons. The van der Waals surface area contributed by atoms with Crippen molar-refractivity contribution in [2.24, 2.45) is 5.92 Å². The highest BCUT2D eigenvalue weighted by molar-refractivity contribution is 7.89. The smallest absolute Gasteiger partial charge is 0.308 e. The maximum atomic E-state index is 12.7. The zero-order valence-electron chi connectivity index (χ0n) is 14.1. The summed E-state index contributed by atoms with van der Waals surface area (Å²) in [5, 5.41) is 9.08. The van der Waals surface area contributed by atoms with Crippen LogP contribution in [0.4, 0.5) is 0 Å². The van der Waals surface area contributed by atoms with Crippen molar-refractivity contribution in [3.8, 4) is 0 Å². The summed E-state index contributed by atoms with van der Waals surface area (Å²) in [6.07, 6.45) is 1.10. The van der Waals surface area contributed by atoms with Gasteiger partial charge in [-0.2, -0.15) is 4.31 Å². The fourth-order valence-corrected chi connectivity index (χ4v) is 4.97. The molecule has 0 saturated carbocycles. The standard InChI is InChI=1S/C17H22N2O5S/c1-12-2-4-15(5-3-12)25(23,24)18-8-6-14(7-9-18)19-11-13(17(21)22)10-16(19)20/h2-5,13-14H,6-11H2,1H3,(H,21,22). The molecule has 1 atom stereocenters. The van der Waals surface area contributed by atoms with Crippen LogP contribution in [0.2, 0.25) is 0 Å². The van der Waals surface area contributed by atoms with Crippen molar-refractivity contribution in [1.29, 1.82) is 0 Å². The number of sulfonamides is 1. The molecule has 0 aliphatic carbocycles. The number of carbonyl (C=O) groups excluding carboxylic acids is 1. The van der Waals surface area contributed by atoms with Crippen LogP contribution in [0.15, 0.2) is 29.2 Å². The maximum absolute atomic E-state index is 12.7. The molecule has 1 aromatic carbocycles. The topological polar surface area (TPSA) is 95.0 Å². The molecule has 2 saturated heterocycles. The van der Waals surface area contributed by atoms with Crippen molar-refractivity contribution in [3.63, 3.8) is 0 Å². The molecule has 2 aliphatic heterocycles. The number of nitrogens with zero attached hydrogens (tertiary/aromatic N) is 2. The second-order valence-corrected chi connectivity index (χ2v) is 8.67. The summed E-state index contributed by atoms with van der Waals surface area (Å²) >= 11 is 0. The van der Waals surface area contributed by atoms with Gasteiger partial charge in [0.1, 0.15) is 0 Å². The Hall–Kier alpha value is -1.93. The van der Waals surface area contributed by atoms with Crippen LogP contribution in [0.5, 0.6) is 0 Å². The lowest BCUT2D eigenvalue weighted by atomic mass is 10.1. The van der Waals surface area contributed by atoms with E-state index in [2.05, 4.69) is 0 Å². The largest absolute Gasteiger partial charge is 0.481 e. The van der Waals surface area contributed by atoms with E-state index in [4.69, 9.17) is 5.11 Å². The first-order valence-electron chi connectivity index (χ1n) is 8.38. The van der Waals surface area contributed by atoms with Gasteiger partial charge in [0.2, 0.25) is 15.9 Å². The number of hydrogen-bond donors (Lipinski definition) is 1. The van der Waals surface area contributed by atoms with E-state index in [1.165, 1.54) is 4.31 Å². The van der Waals surface area contributed by atoms with Crippen molar-refractivity contribution in [2.75, 3.05) is 19.6 Å². The van der Waals surface area contributed by atoms with Crippen LogP contribution in [0, 0.1) is 12.8 Å². The Bertz CT molecular complexity index is 767. The first-order valence-corrected chi connectivity index (χ1v) is 9.82. The Kier molecular flexibility index (Phi) is 4.83. The summed E-state index contributed by atoms with van der Waals surface area (Å²) < 4.78 is 26.8. The third-order valence-corrected chi connectivity index (χ3v) is 6.94. The number of rotatable bonds is 4. The number of hydrogen-bond acceptors (Lipinski definition) is 4. The fraction of sp³-hybridized carbons (Fsp3) is 0.529. The summed E-state index contributed by atoms with van der Waals surface area (Å²) in [5.74, 6) is -1.75. The molecule has 0 bridgehead atoms. The van der Waals surface area contributed by atoms with E-state index >= 15 is 0 Å². The molecule has 25 heavy (non-hydrogen) atoms. The first kappa shape index (κ1) is 17.9. The van der Waals surface area contributed by atoms with Gasteiger partial charge < -0.3 is 10.0 Å². The maximum Gasteiger partial charge on any atom is 0.308 e. The number of carboxylic acids is 1. The van der Waals surface area contributed by atoms with Gasteiger partial charge in [-0.1, -0.05) is 17.7 Å². The lowest BCUT2D eigenvalue weighted by Crippen LogP contribution is -2.47. The van der Waals surface area contributed by atoms with Gasteiger partial charge in [0.15, 0.2) is 0 Å². The van der Waals surface area contributed by atoms with Crippen molar-refractivity contribution in [1.82, 2.24) is 9.21 Å². The molecule has 0 spiro atoms. The van der Waals surface area contributed by atoms with E-state index in [1.807, 2.05) is 6.92 Å². The Morgan fingerprint density at radius 3 is 2.28 bits per heavy atom. The fourth-order valence-electron chi connectivity index (χ4n) is 3.50. The van der Waals surface area contributed by atoms with Crippen molar-refractivity contribution in [3.05, 3.63) is 29.8 Å². The van der Waals surface area contributed by atoms with Crippen LogP contribution in [-0.4, -0.2) is 60.3 Å². The zero-order valence-corrected chi connectivity index (χ0v) is 14.9. The molecule has 2 heterocycles. The van der Waals surface area contributed by atoms with Crippen LogP contribution >= 0.6 is 0 Å². The molecule has 0 aromatic heterocycles. The Morgan fingerprint density at radius 2 is 1.76 bits per heavy atom. The number of aryl methyl sites for hydroxylation is 1. The number of likely N-dealkylation sites (tertiary alicyclic amines) is 1. The minimum Gasteiger partial charge on any atom is -0.481 e. The van der Waals surface area contributed by atoms with Gasteiger partial charge in [0.05, 0.1) is 10.8 Å². The molecule has 7 nitrogen and oxygen atoms in total. The third kappa shape index (κ3) is 3.55. The predicted octanol–water partition coefficient (Wildman–Crippen LogP) is 1.08. The zero-order chi connectivity index (χ0) is 18.2. The molecule has 8 heteroatoms. The van der Waals surface area contributed by atoms with Gasteiger partial charge >= 0.3 is 5.97 Å². The lowest BCUT2D eigenvalue weighted by molar-refractivity contribution is -0.141. The molecule has 2 aliphatic rings. The van der Waals surface area contributed by atoms with Crippen LogP contribution in [0.1, 0.15) is 24.8 Å². The monoisotopic (exact) mass is 366 g/mol. The predicted molar refractivity (Wildman–Crippen MR) is 90.4 cm³/mol. The molecule has 2 fully saturated rings. The van der Waals surface area contributed by atoms with Crippen molar-refractivity contribution in [2.45, 2.75) is 37.1 Å². The van der Waals surface area contributed by atoms with Gasteiger partial charge in [-0.3, -0.25) is 9.59 Å². The van der Waals surface area contributed by atoms with E-state index < -0.39 is 21.9 Å². The molecular weight excluding hydrogens is 344 g/mol. The average Bonchev–Trinajstić information content (AvgIpc) is 2.97. The van der Waals surface area contributed by atoms with Crippen LogP contribution in [0.3, 0.4) is 0 Å². The Morgan fingerprint density at radius 1 is 1.16 bits per heavy atom. The van der Waals surface area contributed by atoms with E-state index in [1.54, 1.807) is 29.2 Å². The van der Waals surface area contributed by atoms with E-state index in [0.717, 1.165) is 5.56 Å². The van der Waals surface area contributed by atoms with Gasteiger partial charge in [-0.15, -0.1) is 0 Å². The number of carbonyl (C=O) groups is 2. The number of aliphatic carboxylic acids is 1. The normalized spacial score (nSPS) is 23.2. The van der Waals surface area contributed by atoms with Gasteiger partial charge in [-0.05, 0) is 31.9 Å². The average molecular weight is 366 g/mol. The second-order valence-electron chi connectivity index (χ2n) is 6.73. The number of benzene rings is 1. The molecular formula is C17H22N2O5S. The summed E-state index contributed by atoms with van der Waals surface area (Å²) in [4.78, 5) is 25.0. The highest BCUT2D eigenvalue weighted by Gasteiger charge is 2.40. The van der Waals surface area contributed by atoms with Gasteiger partial charge in [0.25, 0.3) is 0 Å². The number of piperidine rings is 1. The van der Waals surface area contributed by atoms with E-state index in [9.17, 15) is 18.0 Å². The van der Waals surface area contributed by atoms with Gasteiger partial charge in [-0.25, -0.2) is 8.42 Å². The minimum absolute atomic E-state index is 0.0389. The number of carboxylic acid groups (broad SMARTS) is 1. The van der Waals surface area contributed by atoms with Crippen LogP contribution < -0.4 is 0 Å². The van der Waals surface area contributed by atoms with Crippen LogP contribution in [-0.2, 0) is 19.6 Å². The number of amides is 1. The lowest BCUT2D eigenvalue weighted by Gasteiger charge is -2.36. The van der Waals surface area contributed by atoms with Crippen molar-refractivity contribution < 1.29 is 23.1 Å². The Balaban J connectivity index is 1.65.